The number of nitrogens with zero attached hydrogens (tertiary/aromatic N) is 2. The summed E-state index contributed by atoms with van der Waals surface area (Å²) in [5.41, 5.74) is 0.832. The number of amides is 1. The third-order valence-electron chi connectivity index (χ3n) is 1.87. The summed E-state index contributed by atoms with van der Waals surface area (Å²) in [6.45, 7) is 0.127. The van der Waals surface area contributed by atoms with Gasteiger partial charge in [-0.2, -0.15) is 0 Å². The third-order valence-corrected chi connectivity index (χ3v) is 2.00. The quantitative estimate of drug-likeness (QED) is 0.656. The minimum absolute atomic E-state index is 0.127. The third kappa shape index (κ3) is 2.58. The molecule has 0 unspecified atom stereocenters. The number of rotatable bonds is 3. The van der Waals surface area contributed by atoms with Gasteiger partial charge in [-0.25, -0.2) is 0 Å². The molecule has 1 aromatic carbocycles. The van der Waals surface area contributed by atoms with Crippen LogP contribution in [0, 0.1) is 0 Å². The van der Waals surface area contributed by atoms with Gasteiger partial charge in [0.1, 0.15) is 0 Å². The van der Waals surface area contributed by atoms with E-state index in [4.69, 9.17) is 16.0 Å². The van der Waals surface area contributed by atoms with E-state index in [2.05, 4.69) is 15.5 Å². The minimum atomic E-state index is -0.653. The van der Waals surface area contributed by atoms with Gasteiger partial charge in [0.25, 0.3) is 0 Å². The number of hydrogen-bond donors (Lipinski definition) is 1. The van der Waals surface area contributed by atoms with Gasteiger partial charge in [-0.3, -0.25) is 4.79 Å². The Labute approximate surface area is 96.4 Å². The molecule has 0 aliphatic heterocycles. The molecule has 0 aliphatic rings. The number of nitrogens with one attached hydrogen (secondary N) is 1. The largest absolute Gasteiger partial charge is 0.419 e. The van der Waals surface area contributed by atoms with Crippen LogP contribution < -0.4 is 5.32 Å². The second kappa shape index (κ2) is 4.76. The molecule has 0 spiro atoms. The maximum absolute atomic E-state index is 10.5. The predicted molar refractivity (Wildman–Crippen MR) is 57.8 cm³/mol. The van der Waals surface area contributed by atoms with Crippen LogP contribution in [-0.2, 0) is 6.54 Å². The lowest BCUT2D eigenvalue weighted by molar-refractivity contribution is 0.258. The van der Waals surface area contributed by atoms with Crippen molar-refractivity contribution in [3.8, 4) is 11.5 Å². The molecule has 2 aromatic rings. The second-order valence-corrected chi connectivity index (χ2v) is 3.34. The van der Waals surface area contributed by atoms with Gasteiger partial charge in [-0.05, 0) is 23.7 Å². The Kier molecular flexibility index (Phi) is 3.16. The van der Waals surface area contributed by atoms with Crippen LogP contribution >= 0.6 is 11.6 Å². The highest BCUT2D eigenvalue weighted by atomic mass is 35.5. The van der Waals surface area contributed by atoms with Crippen LogP contribution in [-0.4, -0.2) is 15.6 Å². The molecule has 0 saturated carbocycles. The molecule has 82 valence electrons. The van der Waals surface area contributed by atoms with Crippen molar-refractivity contribution in [3.05, 3.63) is 36.2 Å². The highest BCUT2D eigenvalue weighted by molar-refractivity contribution is 6.62. The summed E-state index contributed by atoms with van der Waals surface area (Å²) in [5, 5.41) is 9.33. The summed E-state index contributed by atoms with van der Waals surface area (Å²) < 4.78 is 5.32. The van der Waals surface area contributed by atoms with Crippen LogP contribution in [0.4, 0.5) is 4.79 Å². The molecule has 0 aliphatic carbocycles. The van der Waals surface area contributed by atoms with Crippen LogP contribution in [0.15, 0.2) is 34.7 Å². The molecule has 16 heavy (non-hydrogen) atoms. The number of carbonyl (C=O) groups is 1. The smallest absolute Gasteiger partial charge is 0.314 e. The fourth-order valence-electron chi connectivity index (χ4n) is 1.17. The van der Waals surface area contributed by atoms with Crippen molar-refractivity contribution in [1.29, 1.82) is 0 Å². The lowest BCUT2D eigenvalue weighted by Gasteiger charge is -1.94. The fraction of sp³-hybridized carbons (Fsp3) is 0.100. The van der Waals surface area contributed by atoms with E-state index in [1.807, 2.05) is 30.3 Å². The topological polar surface area (TPSA) is 68.0 Å². The van der Waals surface area contributed by atoms with Crippen LogP contribution in [0.2, 0.25) is 0 Å². The molecular formula is C10H8ClN3O2. The Hall–Kier alpha value is -1.88. The summed E-state index contributed by atoms with van der Waals surface area (Å²) >= 11 is 5.11. The first-order valence-electron chi connectivity index (χ1n) is 4.57. The van der Waals surface area contributed by atoms with Crippen molar-refractivity contribution in [2.24, 2.45) is 0 Å². The zero-order chi connectivity index (χ0) is 11.4. The molecule has 0 bridgehead atoms. The van der Waals surface area contributed by atoms with E-state index in [1.165, 1.54) is 0 Å². The van der Waals surface area contributed by atoms with Gasteiger partial charge in [0.15, 0.2) is 0 Å². The molecule has 0 fully saturated rings. The summed E-state index contributed by atoms with van der Waals surface area (Å²) in [7, 11) is 0. The summed E-state index contributed by atoms with van der Waals surface area (Å²) in [6, 6.07) is 9.36. The Morgan fingerprint density at radius 2 is 2.06 bits per heavy atom. The number of hydrogen-bond acceptors (Lipinski definition) is 4. The number of carbonyl (C=O) groups excluding carboxylic acids is 1. The first-order valence-corrected chi connectivity index (χ1v) is 4.94. The first-order chi connectivity index (χ1) is 7.75. The zero-order valence-corrected chi connectivity index (χ0v) is 8.94. The predicted octanol–water partition coefficient (Wildman–Crippen LogP) is 2.19. The Morgan fingerprint density at radius 3 is 2.75 bits per heavy atom. The van der Waals surface area contributed by atoms with E-state index in [-0.39, 0.29) is 6.54 Å². The number of benzene rings is 1. The normalized spacial score (nSPS) is 10.1. The monoisotopic (exact) mass is 237 g/mol. The SMILES string of the molecule is O=C(Cl)NCc1nnc(-c2ccccc2)o1. The van der Waals surface area contributed by atoms with Crippen molar-refractivity contribution in [2.45, 2.75) is 6.54 Å². The van der Waals surface area contributed by atoms with Crippen molar-refractivity contribution in [2.75, 3.05) is 0 Å². The second-order valence-electron chi connectivity index (χ2n) is 2.99. The molecule has 0 radical (unpaired) electrons. The number of halogens is 1. The molecule has 6 heteroatoms. The molecule has 1 aromatic heterocycles. The molecule has 1 heterocycles. The van der Waals surface area contributed by atoms with Crippen molar-refractivity contribution in [1.82, 2.24) is 15.5 Å². The van der Waals surface area contributed by atoms with Crippen LogP contribution in [0.3, 0.4) is 0 Å². The Balaban J connectivity index is 2.11. The zero-order valence-electron chi connectivity index (χ0n) is 8.18. The lowest BCUT2D eigenvalue weighted by atomic mass is 10.2. The van der Waals surface area contributed by atoms with Crippen molar-refractivity contribution >= 4 is 17.0 Å². The first kappa shape index (κ1) is 10.6. The van der Waals surface area contributed by atoms with Gasteiger partial charge in [0.2, 0.25) is 11.8 Å². The average Bonchev–Trinajstić information content (AvgIpc) is 2.76. The van der Waals surface area contributed by atoms with Gasteiger partial charge in [0, 0.05) is 5.56 Å². The van der Waals surface area contributed by atoms with Gasteiger partial charge >= 0.3 is 5.37 Å². The maximum atomic E-state index is 10.5. The maximum Gasteiger partial charge on any atom is 0.314 e. The van der Waals surface area contributed by atoms with Gasteiger partial charge in [0.05, 0.1) is 6.54 Å². The van der Waals surface area contributed by atoms with Crippen molar-refractivity contribution in [3.63, 3.8) is 0 Å². The molecule has 1 amide bonds. The van der Waals surface area contributed by atoms with Crippen molar-refractivity contribution < 1.29 is 9.21 Å². The van der Waals surface area contributed by atoms with Gasteiger partial charge in [-0.15, -0.1) is 10.2 Å². The number of aromatic nitrogens is 2. The van der Waals surface area contributed by atoms with E-state index in [0.29, 0.717) is 11.8 Å². The molecule has 0 saturated heterocycles. The molecule has 0 atom stereocenters. The van der Waals surface area contributed by atoms with Crippen LogP contribution in [0.5, 0.6) is 0 Å². The molecular weight excluding hydrogens is 230 g/mol. The van der Waals surface area contributed by atoms with Gasteiger partial charge in [-0.1, -0.05) is 18.2 Å². The summed E-state index contributed by atoms with van der Waals surface area (Å²) in [5.74, 6) is 0.729. The fourth-order valence-corrected chi connectivity index (χ4v) is 1.23. The standard InChI is InChI=1S/C10H8ClN3O2/c11-10(15)12-6-8-13-14-9(16-8)7-4-2-1-3-5-7/h1-5H,6H2,(H,12,15). The minimum Gasteiger partial charge on any atom is -0.419 e. The summed E-state index contributed by atoms with van der Waals surface area (Å²) in [6.07, 6.45) is 0. The van der Waals surface area contributed by atoms with E-state index >= 15 is 0 Å². The van der Waals surface area contributed by atoms with E-state index in [0.717, 1.165) is 5.56 Å². The summed E-state index contributed by atoms with van der Waals surface area (Å²) in [4.78, 5) is 10.5. The highest BCUT2D eigenvalue weighted by Crippen LogP contribution is 2.16. The molecule has 2 rings (SSSR count). The highest BCUT2D eigenvalue weighted by Gasteiger charge is 2.08. The average molecular weight is 238 g/mol. The van der Waals surface area contributed by atoms with E-state index < -0.39 is 5.37 Å². The lowest BCUT2D eigenvalue weighted by Crippen LogP contribution is -2.15. The van der Waals surface area contributed by atoms with E-state index in [9.17, 15) is 4.79 Å². The molecule has 5 nitrogen and oxygen atoms in total. The van der Waals surface area contributed by atoms with Gasteiger partial charge < -0.3 is 9.73 Å². The Bertz CT molecular complexity index is 484. The Morgan fingerprint density at radius 1 is 1.31 bits per heavy atom. The van der Waals surface area contributed by atoms with Crippen LogP contribution in [0.1, 0.15) is 5.89 Å². The van der Waals surface area contributed by atoms with E-state index in [1.54, 1.807) is 0 Å². The van der Waals surface area contributed by atoms with Crippen LogP contribution in [0.25, 0.3) is 11.5 Å². The molecule has 1 N–H and O–H groups in total.